The fourth-order valence-electron chi connectivity index (χ4n) is 2.55. The molecule has 136 valence electrons. The molecule has 1 aliphatic rings. The van der Waals surface area contributed by atoms with Gasteiger partial charge in [-0.15, -0.1) is 0 Å². The van der Waals surface area contributed by atoms with Gasteiger partial charge in [0.2, 0.25) is 0 Å². The lowest BCUT2D eigenvalue weighted by Gasteiger charge is -2.40. The number of carbonyl (C=O) groups excluding carboxylic acids is 1. The Bertz CT molecular complexity index is 412. The van der Waals surface area contributed by atoms with Crippen molar-refractivity contribution in [2.75, 3.05) is 6.61 Å². The Morgan fingerprint density at radius 1 is 1.17 bits per heavy atom. The van der Waals surface area contributed by atoms with Crippen molar-refractivity contribution in [1.82, 2.24) is 5.32 Å². The lowest BCUT2D eigenvalue weighted by Crippen LogP contribution is -2.50. The first kappa shape index (κ1) is 20.5. The molecular formula is C17H35NO4Si. The fourth-order valence-corrected chi connectivity index (χ4v) is 3.92. The van der Waals surface area contributed by atoms with E-state index in [0.29, 0.717) is 0 Å². The van der Waals surface area contributed by atoms with Crippen LogP contribution in [0.1, 0.15) is 54.4 Å². The van der Waals surface area contributed by atoms with Crippen LogP contribution in [0.5, 0.6) is 0 Å². The summed E-state index contributed by atoms with van der Waals surface area (Å²) in [4.78, 5) is 12.1. The number of hydrogen-bond donors (Lipinski definition) is 2. The molecule has 0 heterocycles. The summed E-state index contributed by atoms with van der Waals surface area (Å²) in [6.07, 6.45) is 1.05. The van der Waals surface area contributed by atoms with Gasteiger partial charge in [0.15, 0.2) is 8.32 Å². The normalized spacial score (nSPS) is 26.2. The second-order valence-electron chi connectivity index (χ2n) is 9.19. The maximum atomic E-state index is 12.1. The minimum absolute atomic E-state index is 0.0550. The number of carbonyl (C=O) groups is 1. The van der Waals surface area contributed by atoms with Crippen LogP contribution in [0, 0.1) is 5.92 Å². The topological polar surface area (TPSA) is 67.8 Å². The van der Waals surface area contributed by atoms with Crippen molar-refractivity contribution in [2.45, 2.75) is 90.3 Å². The molecule has 0 saturated heterocycles. The largest absolute Gasteiger partial charge is 0.444 e. The van der Waals surface area contributed by atoms with Crippen molar-refractivity contribution < 1.29 is 19.1 Å². The van der Waals surface area contributed by atoms with Crippen molar-refractivity contribution in [3.63, 3.8) is 0 Å². The number of hydrogen-bond acceptors (Lipinski definition) is 4. The number of ether oxygens (including phenoxy) is 1. The Morgan fingerprint density at radius 2 is 1.74 bits per heavy atom. The van der Waals surface area contributed by atoms with Crippen molar-refractivity contribution in [3.05, 3.63) is 0 Å². The quantitative estimate of drug-likeness (QED) is 0.763. The number of amides is 1. The van der Waals surface area contributed by atoms with Crippen LogP contribution in [0.3, 0.4) is 0 Å². The molecule has 5 nitrogen and oxygen atoms in total. The molecule has 0 bridgehead atoms. The predicted molar refractivity (Wildman–Crippen MR) is 95.0 cm³/mol. The van der Waals surface area contributed by atoms with E-state index in [0.717, 1.165) is 12.8 Å². The van der Waals surface area contributed by atoms with E-state index in [9.17, 15) is 9.90 Å². The molecule has 1 fully saturated rings. The molecule has 1 rings (SSSR count). The van der Waals surface area contributed by atoms with E-state index in [4.69, 9.17) is 9.16 Å². The zero-order chi connectivity index (χ0) is 18.1. The summed E-state index contributed by atoms with van der Waals surface area (Å²) in [6, 6.07) is -0.101. The highest BCUT2D eigenvalue weighted by Crippen LogP contribution is 2.40. The minimum Gasteiger partial charge on any atom is -0.444 e. The molecule has 0 aliphatic heterocycles. The first-order chi connectivity index (χ1) is 10.2. The smallest absolute Gasteiger partial charge is 0.407 e. The van der Waals surface area contributed by atoms with Gasteiger partial charge in [0.25, 0.3) is 0 Å². The lowest BCUT2D eigenvalue weighted by molar-refractivity contribution is 0.0457. The molecule has 3 atom stereocenters. The summed E-state index contributed by atoms with van der Waals surface area (Å²) < 4.78 is 11.9. The number of nitrogens with one attached hydrogen (secondary N) is 1. The van der Waals surface area contributed by atoms with Crippen LogP contribution in [0.4, 0.5) is 4.79 Å². The van der Waals surface area contributed by atoms with Gasteiger partial charge in [-0.3, -0.25) is 0 Å². The number of alkyl carbamates (subject to hydrolysis) is 1. The van der Waals surface area contributed by atoms with Crippen molar-refractivity contribution in [1.29, 1.82) is 0 Å². The van der Waals surface area contributed by atoms with Gasteiger partial charge in [0.1, 0.15) is 5.60 Å². The predicted octanol–water partition coefficient (Wildman–Crippen LogP) is 3.67. The molecule has 6 heteroatoms. The fraction of sp³-hybridized carbons (Fsp3) is 0.941. The van der Waals surface area contributed by atoms with E-state index in [2.05, 4.69) is 39.2 Å². The first-order valence-corrected chi connectivity index (χ1v) is 11.4. The van der Waals surface area contributed by atoms with Gasteiger partial charge in [0, 0.05) is 6.61 Å². The molecule has 0 spiro atoms. The Hall–Kier alpha value is -0.593. The summed E-state index contributed by atoms with van der Waals surface area (Å²) in [5.41, 5.74) is -0.519. The maximum Gasteiger partial charge on any atom is 0.407 e. The lowest BCUT2D eigenvalue weighted by atomic mass is 10.1. The summed E-state index contributed by atoms with van der Waals surface area (Å²) in [6.45, 7) is 16.7. The SMILES string of the molecule is CC(C)(C)OC(=O)NC1CC(CO)CC1O[Si](C)(C)C(C)(C)C. The van der Waals surface area contributed by atoms with Crippen LogP contribution in [0.15, 0.2) is 0 Å². The van der Waals surface area contributed by atoms with E-state index >= 15 is 0 Å². The summed E-state index contributed by atoms with van der Waals surface area (Å²) >= 11 is 0. The van der Waals surface area contributed by atoms with E-state index in [1.54, 1.807) is 0 Å². The molecule has 0 aromatic carbocycles. The highest BCUT2D eigenvalue weighted by Gasteiger charge is 2.44. The highest BCUT2D eigenvalue weighted by atomic mass is 28.4. The third-order valence-corrected chi connectivity index (χ3v) is 9.32. The van der Waals surface area contributed by atoms with Crippen molar-refractivity contribution in [3.8, 4) is 0 Å². The molecule has 0 aromatic heterocycles. The molecule has 0 aromatic rings. The van der Waals surface area contributed by atoms with Gasteiger partial charge in [-0.25, -0.2) is 4.79 Å². The molecule has 1 aliphatic carbocycles. The van der Waals surface area contributed by atoms with Crippen LogP contribution in [0.25, 0.3) is 0 Å². The Morgan fingerprint density at radius 3 is 2.17 bits per heavy atom. The minimum atomic E-state index is -1.93. The van der Waals surface area contributed by atoms with E-state index in [-0.39, 0.29) is 29.7 Å². The second-order valence-corrected chi connectivity index (χ2v) is 13.9. The molecule has 1 saturated carbocycles. The van der Waals surface area contributed by atoms with E-state index < -0.39 is 20.0 Å². The monoisotopic (exact) mass is 345 g/mol. The number of aliphatic hydroxyl groups excluding tert-OH is 1. The van der Waals surface area contributed by atoms with Gasteiger partial charge in [0.05, 0.1) is 12.1 Å². The number of aliphatic hydroxyl groups is 1. The van der Waals surface area contributed by atoms with E-state index in [1.807, 2.05) is 20.8 Å². The Labute approximate surface area is 142 Å². The van der Waals surface area contributed by atoms with Crippen molar-refractivity contribution >= 4 is 14.4 Å². The standard InChI is InChI=1S/C17H35NO4Si/c1-16(2,3)21-15(20)18-13-9-12(11-19)10-14(13)22-23(7,8)17(4,5)6/h12-14,19H,9-11H2,1-8H3,(H,18,20). The third kappa shape index (κ3) is 6.08. The van der Waals surface area contributed by atoms with Crippen LogP contribution in [-0.2, 0) is 9.16 Å². The molecular weight excluding hydrogens is 310 g/mol. The van der Waals surface area contributed by atoms with Crippen LogP contribution >= 0.6 is 0 Å². The average molecular weight is 346 g/mol. The maximum absolute atomic E-state index is 12.1. The Kier molecular flexibility index (Phi) is 6.32. The molecule has 2 N–H and O–H groups in total. The van der Waals surface area contributed by atoms with Gasteiger partial charge in [-0.1, -0.05) is 20.8 Å². The van der Waals surface area contributed by atoms with Gasteiger partial charge >= 0.3 is 6.09 Å². The molecule has 23 heavy (non-hydrogen) atoms. The van der Waals surface area contributed by atoms with Gasteiger partial charge in [-0.05, 0) is 57.7 Å². The zero-order valence-electron chi connectivity index (χ0n) is 16.0. The van der Waals surface area contributed by atoms with Gasteiger partial charge < -0.3 is 19.6 Å². The average Bonchev–Trinajstić information content (AvgIpc) is 2.66. The molecule has 1 amide bonds. The second kappa shape index (κ2) is 7.11. The summed E-state index contributed by atoms with van der Waals surface area (Å²) in [5.74, 6) is 0.171. The first-order valence-electron chi connectivity index (χ1n) is 8.53. The third-order valence-electron chi connectivity index (χ3n) is 4.81. The summed E-state index contributed by atoms with van der Waals surface area (Å²) in [5, 5.41) is 12.6. The van der Waals surface area contributed by atoms with Crippen molar-refractivity contribution in [2.24, 2.45) is 5.92 Å². The molecule has 3 unspecified atom stereocenters. The van der Waals surface area contributed by atoms with Gasteiger partial charge in [-0.2, -0.15) is 0 Å². The Balaban J connectivity index is 2.77. The highest BCUT2D eigenvalue weighted by molar-refractivity contribution is 6.74. The van der Waals surface area contributed by atoms with Crippen LogP contribution in [0.2, 0.25) is 18.1 Å². The molecule has 0 radical (unpaired) electrons. The van der Waals surface area contributed by atoms with Crippen LogP contribution in [-0.4, -0.2) is 43.9 Å². The van der Waals surface area contributed by atoms with Crippen LogP contribution < -0.4 is 5.32 Å². The zero-order valence-corrected chi connectivity index (χ0v) is 17.0. The number of rotatable bonds is 4. The summed E-state index contributed by atoms with van der Waals surface area (Å²) in [7, 11) is -1.93. The van der Waals surface area contributed by atoms with E-state index in [1.165, 1.54) is 0 Å².